The van der Waals surface area contributed by atoms with Crippen LogP contribution in [0.5, 0.6) is 0 Å². The maximum Gasteiger partial charge on any atom is 0.105 e. The lowest BCUT2D eigenvalue weighted by Gasteiger charge is -2.38. The molecular formula is C52H94N2+2. The summed E-state index contributed by atoms with van der Waals surface area (Å²) in [5.74, 6) is 0. The van der Waals surface area contributed by atoms with Gasteiger partial charge in [-0.3, -0.25) is 0 Å². The van der Waals surface area contributed by atoms with Gasteiger partial charge in [0.05, 0.1) is 39.3 Å². The Morgan fingerprint density at radius 3 is 0.741 bits per heavy atom. The highest BCUT2D eigenvalue weighted by molar-refractivity contribution is 5.21. The summed E-state index contributed by atoms with van der Waals surface area (Å²) in [6, 6.07) is 9.62. The van der Waals surface area contributed by atoms with Crippen molar-refractivity contribution in [2.24, 2.45) is 0 Å². The predicted molar refractivity (Wildman–Crippen MR) is 245 cm³/mol. The minimum atomic E-state index is 1.00. The van der Waals surface area contributed by atoms with Crippen LogP contribution >= 0.6 is 0 Å². The SMILES string of the molecule is C=CC[N+](CC=C)(CCCCCCCCCCCCCCCC)Cc1ccc(C[N+](CC=C)(CC=C)CCCCCCCCCCCCCCCC)cc1. The Balaban J connectivity index is 2.52. The van der Waals surface area contributed by atoms with Crippen molar-refractivity contribution in [1.82, 2.24) is 0 Å². The fourth-order valence-electron chi connectivity index (χ4n) is 8.83. The van der Waals surface area contributed by atoms with Gasteiger partial charge in [-0.15, -0.1) is 0 Å². The molecule has 2 nitrogen and oxygen atoms in total. The molecule has 0 spiro atoms. The van der Waals surface area contributed by atoms with Crippen LogP contribution < -0.4 is 0 Å². The van der Waals surface area contributed by atoms with E-state index in [2.05, 4.69) is 88.7 Å². The van der Waals surface area contributed by atoms with Gasteiger partial charge >= 0.3 is 0 Å². The van der Waals surface area contributed by atoms with Crippen molar-refractivity contribution in [2.75, 3.05) is 39.3 Å². The van der Waals surface area contributed by atoms with Crippen molar-refractivity contribution in [3.8, 4) is 0 Å². The number of benzene rings is 1. The summed E-state index contributed by atoms with van der Waals surface area (Å²) in [6.07, 6.45) is 47.9. The van der Waals surface area contributed by atoms with Gasteiger partial charge in [0.25, 0.3) is 0 Å². The first kappa shape index (κ1) is 50.1. The average molecular weight is 747 g/mol. The second-order valence-corrected chi connectivity index (χ2v) is 17.3. The molecule has 0 saturated carbocycles. The molecule has 0 aliphatic carbocycles. The van der Waals surface area contributed by atoms with Crippen molar-refractivity contribution in [2.45, 2.75) is 207 Å². The Morgan fingerprint density at radius 1 is 0.333 bits per heavy atom. The van der Waals surface area contributed by atoms with Crippen molar-refractivity contribution in [3.63, 3.8) is 0 Å². The minimum absolute atomic E-state index is 1.00. The van der Waals surface area contributed by atoms with E-state index in [1.807, 2.05) is 0 Å². The number of nitrogens with zero attached hydrogens (tertiary/aromatic N) is 2. The molecule has 2 heteroatoms. The molecule has 1 aromatic rings. The summed E-state index contributed by atoms with van der Waals surface area (Å²) >= 11 is 0. The van der Waals surface area contributed by atoms with Gasteiger partial charge in [0.2, 0.25) is 0 Å². The third-order valence-corrected chi connectivity index (χ3v) is 12.1. The molecule has 310 valence electrons. The highest BCUT2D eigenvalue weighted by Gasteiger charge is 2.27. The van der Waals surface area contributed by atoms with Gasteiger partial charge < -0.3 is 8.97 Å². The minimum Gasteiger partial charge on any atom is -0.313 e. The molecule has 0 radical (unpaired) electrons. The molecule has 0 fully saturated rings. The molecular weight excluding hydrogens is 653 g/mol. The van der Waals surface area contributed by atoms with Crippen LogP contribution in [0.15, 0.2) is 74.9 Å². The van der Waals surface area contributed by atoms with Crippen LogP contribution in [0, 0.1) is 0 Å². The van der Waals surface area contributed by atoms with Crippen molar-refractivity contribution in [3.05, 3.63) is 86.0 Å². The summed E-state index contributed by atoms with van der Waals surface area (Å²) in [4.78, 5) is 0. The zero-order chi connectivity index (χ0) is 39.3. The van der Waals surface area contributed by atoms with Gasteiger partial charge in [0.1, 0.15) is 13.1 Å². The van der Waals surface area contributed by atoms with E-state index in [4.69, 9.17) is 0 Å². The predicted octanol–water partition coefficient (Wildman–Crippen LogP) is 16.0. The number of rotatable bonds is 42. The fraction of sp³-hybridized carbons (Fsp3) is 0.731. The summed E-state index contributed by atoms with van der Waals surface area (Å²) in [5, 5.41) is 0. The van der Waals surface area contributed by atoms with E-state index in [1.165, 1.54) is 204 Å². The van der Waals surface area contributed by atoms with E-state index in [0.717, 1.165) is 48.2 Å². The van der Waals surface area contributed by atoms with E-state index in [0.29, 0.717) is 0 Å². The lowest BCUT2D eigenvalue weighted by molar-refractivity contribution is -0.930. The standard InChI is InChI=1S/C52H94N2/c1-7-13-15-17-19-21-23-25-27-29-31-33-35-37-47-53(43-9-3,44-10-4)49-51-39-41-52(42-40-51)50-54(45-11-5,46-12-6)48-38-36-34-32-30-28-26-24-22-20-18-16-14-8-2/h9-12,39-42H,3-8,13-38,43-50H2,1-2H3/q+2. The zero-order valence-corrected chi connectivity index (χ0v) is 36.8. The van der Waals surface area contributed by atoms with Gasteiger partial charge in [0, 0.05) is 11.1 Å². The van der Waals surface area contributed by atoms with Gasteiger partial charge in [0.15, 0.2) is 0 Å². The molecule has 54 heavy (non-hydrogen) atoms. The van der Waals surface area contributed by atoms with E-state index < -0.39 is 0 Å². The third kappa shape index (κ3) is 26.0. The topological polar surface area (TPSA) is 0 Å². The summed E-state index contributed by atoms with van der Waals surface area (Å²) in [7, 11) is 0. The van der Waals surface area contributed by atoms with Gasteiger partial charge in [-0.2, -0.15) is 0 Å². The Morgan fingerprint density at radius 2 is 0.537 bits per heavy atom. The van der Waals surface area contributed by atoms with Gasteiger partial charge in [-0.25, -0.2) is 0 Å². The van der Waals surface area contributed by atoms with Crippen LogP contribution in [-0.4, -0.2) is 48.2 Å². The fourth-order valence-corrected chi connectivity index (χ4v) is 8.83. The Kier molecular flexibility index (Phi) is 33.0. The van der Waals surface area contributed by atoms with Gasteiger partial charge in [-0.1, -0.05) is 219 Å². The zero-order valence-electron chi connectivity index (χ0n) is 36.8. The Labute approximate surface area is 339 Å². The monoisotopic (exact) mass is 747 g/mol. The molecule has 0 aromatic heterocycles. The van der Waals surface area contributed by atoms with Crippen LogP contribution in [0.4, 0.5) is 0 Å². The molecule has 0 N–H and O–H groups in total. The molecule has 1 aromatic carbocycles. The highest BCUT2D eigenvalue weighted by Crippen LogP contribution is 2.23. The van der Waals surface area contributed by atoms with E-state index in [9.17, 15) is 0 Å². The molecule has 0 unspecified atom stereocenters. The molecule has 0 amide bonds. The van der Waals surface area contributed by atoms with E-state index >= 15 is 0 Å². The van der Waals surface area contributed by atoms with Crippen LogP contribution in [0.25, 0.3) is 0 Å². The molecule has 0 saturated heterocycles. The van der Waals surface area contributed by atoms with Gasteiger partial charge in [-0.05, 0) is 50.0 Å². The first-order valence-electron chi connectivity index (χ1n) is 23.7. The highest BCUT2D eigenvalue weighted by atomic mass is 15.3. The molecule has 1 rings (SSSR count). The van der Waals surface area contributed by atoms with E-state index in [-0.39, 0.29) is 0 Å². The number of hydrogen-bond acceptors (Lipinski definition) is 0. The maximum atomic E-state index is 4.18. The second-order valence-electron chi connectivity index (χ2n) is 17.3. The smallest absolute Gasteiger partial charge is 0.105 e. The molecule has 0 atom stereocenters. The van der Waals surface area contributed by atoms with Crippen molar-refractivity contribution < 1.29 is 8.97 Å². The molecule has 0 heterocycles. The van der Waals surface area contributed by atoms with Crippen LogP contribution in [0.2, 0.25) is 0 Å². The maximum absolute atomic E-state index is 4.18. The average Bonchev–Trinajstić information content (AvgIpc) is 3.16. The number of quaternary nitrogens is 2. The molecule has 0 aliphatic rings. The Bertz CT molecular complexity index is 905. The van der Waals surface area contributed by atoms with Crippen LogP contribution in [0.3, 0.4) is 0 Å². The lowest BCUT2D eigenvalue weighted by atomic mass is 10.0. The second kappa shape index (κ2) is 35.5. The van der Waals surface area contributed by atoms with E-state index in [1.54, 1.807) is 0 Å². The van der Waals surface area contributed by atoms with Crippen molar-refractivity contribution >= 4 is 0 Å². The lowest BCUT2D eigenvalue weighted by Crippen LogP contribution is -2.48. The third-order valence-electron chi connectivity index (χ3n) is 12.1. The Hall–Kier alpha value is -1.90. The largest absolute Gasteiger partial charge is 0.313 e. The van der Waals surface area contributed by atoms with Crippen LogP contribution in [-0.2, 0) is 13.1 Å². The first-order chi connectivity index (χ1) is 26.5. The molecule has 0 bridgehead atoms. The normalized spacial score (nSPS) is 11.9. The van der Waals surface area contributed by atoms with Crippen LogP contribution in [0.1, 0.15) is 205 Å². The number of unbranched alkanes of at least 4 members (excludes halogenated alkanes) is 26. The summed E-state index contributed by atoms with van der Waals surface area (Å²) in [6.45, 7) is 29.8. The summed E-state index contributed by atoms with van der Waals surface area (Å²) < 4.78 is 2.08. The number of hydrogen-bond donors (Lipinski definition) is 0. The van der Waals surface area contributed by atoms with Crippen molar-refractivity contribution in [1.29, 1.82) is 0 Å². The molecule has 0 aliphatic heterocycles. The quantitative estimate of drug-likeness (QED) is 0.0355. The summed E-state index contributed by atoms with van der Waals surface area (Å²) in [5.41, 5.74) is 2.87. The first-order valence-corrected chi connectivity index (χ1v) is 23.7.